The van der Waals surface area contributed by atoms with Crippen molar-refractivity contribution in [1.29, 1.82) is 0 Å². The summed E-state index contributed by atoms with van der Waals surface area (Å²) in [6, 6.07) is 0.450. The van der Waals surface area contributed by atoms with Crippen molar-refractivity contribution in [3.63, 3.8) is 0 Å². The molecule has 1 aromatic rings. The highest BCUT2D eigenvalue weighted by Crippen LogP contribution is 2.30. The molecule has 0 saturated carbocycles. The normalized spacial score (nSPS) is 21.8. The van der Waals surface area contributed by atoms with Gasteiger partial charge in [-0.2, -0.15) is 0 Å². The summed E-state index contributed by atoms with van der Waals surface area (Å²) >= 11 is 0. The first-order chi connectivity index (χ1) is 12.6. The minimum Gasteiger partial charge on any atom is -0.450 e. The average molecular weight is 363 g/mol. The van der Waals surface area contributed by atoms with Gasteiger partial charge in [-0.3, -0.25) is 9.59 Å². The van der Waals surface area contributed by atoms with Crippen molar-refractivity contribution in [3.05, 3.63) is 20.4 Å². The molecule has 2 aliphatic rings. The smallest absolute Gasteiger partial charge is 0.409 e. The number of carbonyl (C=O) groups excluding carboxylic acids is 1. The van der Waals surface area contributed by atoms with Gasteiger partial charge in [0.2, 0.25) is 0 Å². The number of amides is 1. The van der Waals surface area contributed by atoms with E-state index in [1.807, 2.05) is 0 Å². The quantitative estimate of drug-likeness (QED) is 0.807. The van der Waals surface area contributed by atoms with Gasteiger partial charge in [-0.15, -0.1) is 0 Å². The topological polar surface area (TPSA) is 79.0 Å². The van der Waals surface area contributed by atoms with E-state index in [1.54, 1.807) is 11.8 Å². The zero-order valence-electron chi connectivity index (χ0n) is 15.8. The van der Waals surface area contributed by atoms with E-state index in [1.165, 1.54) is 6.42 Å². The highest BCUT2D eigenvalue weighted by molar-refractivity contribution is 5.76. The molecule has 1 N–H and O–H groups in total. The van der Waals surface area contributed by atoms with E-state index in [2.05, 4.69) is 17.1 Å². The summed E-state index contributed by atoms with van der Waals surface area (Å²) < 4.78 is 5.03. The summed E-state index contributed by atoms with van der Waals surface area (Å²) in [7, 11) is 0. The first-order valence-corrected chi connectivity index (χ1v) is 9.85. The molecule has 1 aromatic carbocycles. The Morgan fingerprint density at radius 2 is 1.81 bits per heavy atom. The second kappa shape index (κ2) is 8.10. The highest BCUT2D eigenvalue weighted by atomic mass is 16.6. The van der Waals surface area contributed by atoms with E-state index in [0.717, 1.165) is 38.6 Å². The number of rotatable bonds is 5. The van der Waals surface area contributed by atoms with Crippen LogP contribution in [-0.2, 0) is 4.74 Å². The van der Waals surface area contributed by atoms with Crippen molar-refractivity contribution in [2.24, 2.45) is 0 Å². The molecule has 7 heteroatoms. The van der Waals surface area contributed by atoms with E-state index in [0.29, 0.717) is 37.1 Å². The summed E-state index contributed by atoms with van der Waals surface area (Å²) in [5, 5.41) is 3.31. The number of carbonyl (C=O) groups is 1. The van der Waals surface area contributed by atoms with E-state index in [-0.39, 0.29) is 17.6 Å². The predicted molar refractivity (Wildman–Crippen MR) is 102 cm³/mol. The lowest BCUT2D eigenvalue weighted by Gasteiger charge is -2.39. The van der Waals surface area contributed by atoms with Crippen LogP contribution >= 0.6 is 0 Å². The zero-order chi connectivity index (χ0) is 18.7. The Morgan fingerprint density at radius 3 is 2.46 bits per heavy atom. The van der Waals surface area contributed by atoms with E-state index < -0.39 is 5.43 Å². The summed E-state index contributed by atoms with van der Waals surface area (Å²) in [5.41, 5.74) is 0.337. The van der Waals surface area contributed by atoms with Gasteiger partial charge in [-0.05, 0) is 45.4 Å². The fourth-order valence-electron chi connectivity index (χ4n) is 4.13. The Labute approximate surface area is 154 Å². The van der Waals surface area contributed by atoms with Crippen LogP contribution in [0.4, 0.5) is 16.2 Å². The molecule has 1 amide bonds. The number of likely N-dealkylation sites (tertiary alicyclic amines) is 1. The third-order valence-electron chi connectivity index (χ3n) is 5.64. The van der Waals surface area contributed by atoms with E-state index >= 15 is 0 Å². The molecular weight excluding hydrogens is 334 g/mol. The second-order valence-corrected chi connectivity index (χ2v) is 7.24. The average Bonchev–Trinajstić information content (AvgIpc) is 2.68. The number of nitrogens with zero attached hydrogens (tertiary/aromatic N) is 2. The van der Waals surface area contributed by atoms with Crippen LogP contribution in [0, 0.1) is 0 Å². The van der Waals surface area contributed by atoms with Crippen molar-refractivity contribution in [3.8, 4) is 0 Å². The predicted octanol–water partition coefficient (Wildman–Crippen LogP) is 2.08. The monoisotopic (exact) mass is 363 g/mol. The molecule has 0 unspecified atom stereocenters. The van der Waals surface area contributed by atoms with Gasteiger partial charge in [0.1, 0.15) is 11.4 Å². The molecule has 26 heavy (non-hydrogen) atoms. The fourth-order valence-corrected chi connectivity index (χ4v) is 4.13. The molecular formula is C19H29N3O4. The summed E-state index contributed by atoms with van der Waals surface area (Å²) in [4.78, 5) is 40.0. The molecule has 0 aromatic heterocycles. The summed E-state index contributed by atoms with van der Waals surface area (Å²) in [6.45, 7) is 6.35. The number of hydrogen-bond acceptors (Lipinski definition) is 6. The lowest BCUT2D eigenvalue weighted by atomic mass is 9.97. The largest absolute Gasteiger partial charge is 0.450 e. The molecule has 0 radical (unpaired) electrons. The van der Waals surface area contributed by atoms with Crippen LogP contribution < -0.4 is 21.1 Å². The Balaban J connectivity index is 1.65. The van der Waals surface area contributed by atoms with Crippen molar-refractivity contribution in [2.75, 3.05) is 36.5 Å². The van der Waals surface area contributed by atoms with Gasteiger partial charge >= 0.3 is 6.09 Å². The van der Waals surface area contributed by atoms with Crippen LogP contribution in [-0.4, -0.2) is 49.3 Å². The van der Waals surface area contributed by atoms with Crippen LogP contribution in [0.15, 0.2) is 9.59 Å². The van der Waals surface area contributed by atoms with Crippen LogP contribution in [0.25, 0.3) is 0 Å². The number of nitrogens with one attached hydrogen (secondary N) is 1. The first kappa shape index (κ1) is 18.7. The maximum absolute atomic E-state index is 12.2. The van der Waals surface area contributed by atoms with E-state index in [4.69, 9.17) is 4.74 Å². The Kier molecular flexibility index (Phi) is 5.84. The van der Waals surface area contributed by atoms with Crippen LogP contribution in [0.2, 0.25) is 0 Å². The Bertz CT molecular complexity index is 702. The number of ether oxygens (including phenoxy) is 1. The number of anilines is 2. The molecule has 2 aliphatic heterocycles. The van der Waals surface area contributed by atoms with E-state index in [9.17, 15) is 14.4 Å². The second-order valence-electron chi connectivity index (χ2n) is 7.24. The summed E-state index contributed by atoms with van der Waals surface area (Å²) in [6.07, 6.45) is 5.51. The molecule has 2 heterocycles. The van der Waals surface area contributed by atoms with Gasteiger partial charge in [0.15, 0.2) is 0 Å². The molecule has 3 rings (SSSR count). The SMILES string of the molecule is CCOC(=O)N1CCC(Nc2c(N3CCCC[C@@H]3CC)c(=O)c2=O)CC1. The van der Waals surface area contributed by atoms with Crippen molar-refractivity contribution in [2.45, 2.75) is 64.5 Å². The lowest BCUT2D eigenvalue weighted by Crippen LogP contribution is -2.50. The molecule has 0 aliphatic carbocycles. The van der Waals surface area contributed by atoms with Crippen LogP contribution in [0.5, 0.6) is 0 Å². The van der Waals surface area contributed by atoms with Gasteiger partial charge in [0, 0.05) is 31.7 Å². The van der Waals surface area contributed by atoms with Crippen LogP contribution in [0.1, 0.15) is 52.4 Å². The minimum atomic E-state index is -0.395. The number of piperidine rings is 2. The molecule has 7 nitrogen and oxygen atoms in total. The number of hydrogen-bond donors (Lipinski definition) is 1. The van der Waals surface area contributed by atoms with Gasteiger partial charge in [0.25, 0.3) is 10.9 Å². The maximum Gasteiger partial charge on any atom is 0.409 e. The minimum absolute atomic E-state index is 0.104. The highest BCUT2D eigenvalue weighted by Gasteiger charge is 2.33. The third-order valence-corrected chi connectivity index (χ3v) is 5.64. The molecule has 2 fully saturated rings. The van der Waals surface area contributed by atoms with Gasteiger partial charge < -0.3 is 19.9 Å². The first-order valence-electron chi connectivity index (χ1n) is 9.85. The van der Waals surface area contributed by atoms with Crippen molar-refractivity contribution < 1.29 is 9.53 Å². The van der Waals surface area contributed by atoms with Crippen molar-refractivity contribution >= 4 is 17.5 Å². The zero-order valence-corrected chi connectivity index (χ0v) is 15.8. The summed E-state index contributed by atoms with van der Waals surface area (Å²) in [5.74, 6) is 0. The standard InChI is InChI=1S/C19H29N3O4/c1-3-14-7-5-6-10-22(14)16-15(17(23)18(16)24)20-13-8-11-21(12-9-13)19(25)26-4-2/h13-14,20H,3-12H2,1-2H3/t14-/m0/s1. The lowest BCUT2D eigenvalue weighted by molar-refractivity contribution is 0.0983. The van der Waals surface area contributed by atoms with Gasteiger partial charge in [-0.1, -0.05) is 6.92 Å². The maximum atomic E-state index is 12.2. The molecule has 0 bridgehead atoms. The molecule has 2 saturated heterocycles. The Morgan fingerprint density at radius 1 is 1.08 bits per heavy atom. The Hall–Kier alpha value is -2.05. The fraction of sp³-hybridized carbons (Fsp3) is 0.737. The van der Waals surface area contributed by atoms with Crippen LogP contribution in [0.3, 0.4) is 0 Å². The van der Waals surface area contributed by atoms with Gasteiger partial charge in [0.05, 0.1) is 6.61 Å². The van der Waals surface area contributed by atoms with Gasteiger partial charge in [-0.25, -0.2) is 4.79 Å². The van der Waals surface area contributed by atoms with Crippen molar-refractivity contribution in [1.82, 2.24) is 4.90 Å². The molecule has 0 spiro atoms. The molecule has 1 atom stereocenters. The molecule has 144 valence electrons. The third kappa shape index (κ3) is 3.57.